The summed E-state index contributed by atoms with van der Waals surface area (Å²) in [7, 11) is 0. The number of rotatable bonds is 6. The van der Waals surface area contributed by atoms with Crippen LogP contribution in [0.15, 0.2) is 64.5 Å². The third-order valence-electron chi connectivity index (χ3n) is 4.14. The first-order valence-electron chi connectivity index (χ1n) is 8.79. The zero-order valence-electron chi connectivity index (χ0n) is 15.1. The van der Waals surface area contributed by atoms with Gasteiger partial charge in [-0.3, -0.25) is 4.79 Å². The zero-order chi connectivity index (χ0) is 20.2. The second-order valence-electron chi connectivity index (χ2n) is 6.20. The van der Waals surface area contributed by atoms with Gasteiger partial charge in [0.15, 0.2) is 28.4 Å². The maximum Gasteiger partial charge on any atom is 0.226 e. The summed E-state index contributed by atoms with van der Waals surface area (Å²) in [5.74, 6) is -0.977. The molecule has 29 heavy (non-hydrogen) atoms. The molecule has 2 aromatic heterocycles. The molecule has 2 aromatic carbocycles. The molecule has 0 aliphatic carbocycles. The Balaban J connectivity index is 1.34. The number of oxazole rings is 1. The normalized spacial score (nSPS) is 10.8. The van der Waals surface area contributed by atoms with Crippen LogP contribution in [0.25, 0.3) is 22.6 Å². The number of benzene rings is 2. The van der Waals surface area contributed by atoms with Crippen molar-refractivity contribution in [2.75, 3.05) is 5.32 Å². The van der Waals surface area contributed by atoms with Crippen molar-refractivity contribution in [3.05, 3.63) is 77.6 Å². The van der Waals surface area contributed by atoms with Crippen LogP contribution in [0.2, 0.25) is 0 Å². The highest BCUT2D eigenvalue weighted by atomic mass is 32.1. The van der Waals surface area contributed by atoms with Crippen LogP contribution in [0.4, 0.5) is 13.9 Å². The number of carbonyl (C=O) groups is 1. The second kappa shape index (κ2) is 8.32. The van der Waals surface area contributed by atoms with Gasteiger partial charge in [0.2, 0.25) is 5.91 Å². The van der Waals surface area contributed by atoms with E-state index < -0.39 is 11.6 Å². The van der Waals surface area contributed by atoms with Crippen molar-refractivity contribution in [3.63, 3.8) is 0 Å². The lowest BCUT2D eigenvalue weighted by Gasteiger charge is -2.00. The van der Waals surface area contributed by atoms with Gasteiger partial charge in [-0.2, -0.15) is 0 Å². The van der Waals surface area contributed by atoms with Crippen LogP contribution in [0, 0.1) is 11.6 Å². The highest BCUT2D eigenvalue weighted by molar-refractivity contribution is 7.14. The Labute approximate surface area is 169 Å². The van der Waals surface area contributed by atoms with Crippen molar-refractivity contribution in [2.45, 2.75) is 12.8 Å². The number of thiazole rings is 1. The van der Waals surface area contributed by atoms with Gasteiger partial charge in [0.05, 0.1) is 11.9 Å². The first kappa shape index (κ1) is 18.9. The Hall–Kier alpha value is -3.39. The maximum absolute atomic E-state index is 13.4. The molecular weight excluding hydrogens is 396 g/mol. The Bertz CT molecular complexity index is 1140. The van der Waals surface area contributed by atoms with Crippen molar-refractivity contribution in [2.24, 2.45) is 0 Å². The minimum Gasteiger partial charge on any atom is -0.441 e. The standard InChI is InChI=1S/C21H15F2N3O2S/c22-15-7-6-14(10-16(15)23)17-12-29-21(25-17)26-19(27)8-9-20-24-11-18(28-20)13-4-2-1-3-5-13/h1-7,10-12H,8-9H2,(H,25,26,27). The van der Waals surface area contributed by atoms with E-state index in [4.69, 9.17) is 4.42 Å². The third-order valence-corrected chi connectivity index (χ3v) is 4.90. The first-order valence-corrected chi connectivity index (χ1v) is 9.67. The molecule has 0 bridgehead atoms. The van der Waals surface area contributed by atoms with Crippen molar-refractivity contribution < 1.29 is 18.0 Å². The van der Waals surface area contributed by atoms with Crippen LogP contribution < -0.4 is 5.32 Å². The predicted molar refractivity (Wildman–Crippen MR) is 106 cm³/mol. The second-order valence-corrected chi connectivity index (χ2v) is 7.06. The molecule has 8 heteroatoms. The molecule has 1 N–H and O–H groups in total. The predicted octanol–water partition coefficient (Wildman–Crippen LogP) is 5.31. The van der Waals surface area contributed by atoms with Crippen LogP contribution in [-0.2, 0) is 11.2 Å². The van der Waals surface area contributed by atoms with E-state index in [-0.39, 0.29) is 12.3 Å². The molecule has 5 nitrogen and oxygen atoms in total. The molecular formula is C21H15F2N3O2S. The Morgan fingerprint density at radius 1 is 1.07 bits per heavy atom. The molecule has 4 aromatic rings. The van der Waals surface area contributed by atoms with Gasteiger partial charge >= 0.3 is 0 Å². The third kappa shape index (κ3) is 4.55. The molecule has 0 aliphatic rings. The SMILES string of the molecule is O=C(CCc1ncc(-c2ccccc2)o1)Nc1nc(-c2ccc(F)c(F)c2)cs1. The number of amides is 1. The number of carbonyl (C=O) groups excluding carboxylic acids is 1. The van der Waals surface area contributed by atoms with E-state index in [2.05, 4.69) is 15.3 Å². The number of aromatic nitrogens is 2. The fourth-order valence-corrected chi connectivity index (χ4v) is 3.42. The van der Waals surface area contributed by atoms with Crippen LogP contribution in [-0.4, -0.2) is 15.9 Å². The first-order chi connectivity index (χ1) is 14.1. The molecule has 0 saturated carbocycles. The number of anilines is 1. The number of hydrogen-bond acceptors (Lipinski definition) is 5. The molecule has 0 spiro atoms. The Morgan fingerprint density at radius 2 is 1.90 bits per heavy atom. The molecule has 0 fully saturated rings. The summed E-state index contributed by atoms with van der Waals surface area (Å²) in [6.45, 7) is 0. The maximum atomic E-state index is 13.4. The Morgan fingerprint density at radius 3 is 2.69 bits per heavy atom. The number of halogens is 2. The van der Waals surface area contributed by atoms with Crippen molar-refractivity contribution in [1.82, 2.24) is 9.97 Å². The average molecular weight is 411 g/mol. The minimum atomic E-state index is -0.943. The van der Waals surface area contributed by atoms with E-state index in [1.54, 1.807) is 11.6 Å². The summed E-state index contributed by atoms with van der Waals surface area (Å²) in [6.07, 6.45) is 2.16. The summed E-state index contributed by atoms with van der Waals surface area (Å²) in [4.78, 5) is 20.6. The molecule has 2 heterocycles. The largest absolute Gasteiger partial charge is 0.441 e. The summed E-state index contributed by atoms with van der Waals surface area (Å²) in [5.41, 5.74) is 1.82. The highest BCUT2D eigenvalue weighted by Gasteiger charge is 2.12. The molecule has 0 unspecified atom stereocenters. The average Bonchev–Trinajstić information content (AvgIpc) is 3.39. The van der Waals surface area contributed by atoms with E-state index in [0.29, 0.717) is 34.5 Å². The fourth-order valence-electron chi connectivity index (χ4n) is 2.68. The lowest BCUT2D eigenvalue weighted by atomic mass is 10.2. The molecule has 0 aliphatic heterocycles. The summed E-state index contributed by atoms with van der Waals surface area (Å²) >= 11 is 1.21. The number of aryl methyl sites for hydroxylation is 1. The van der Waals surface area contributed by atoms with E-state index >= 15 is 0 Å². The molecule has 4 rings (SSSR count). The van der Waals surface area contributed by atoms with E-state index in [1.807, 2.05) is 30.3 Å². The van der Waals surface area contributed by atoms with Crippen LogP contribution in [0.5, 0.6) is 0 Å². The summed E-state index contributed by atoms with van der Waals surface area (Å²) in [6, 6.07) is 13.1. The minimum absolute atomic E-state index is 0.175. The van der Waals surface area contributed by atoms with Gasteiger partial charge in [-0.05, 0) is 18.2 Å². The van der Waals surface area contributed by atoms with Crippen molar-refractivity contribution in [1.29, 1.82) is 0 Å². The van der Waals surface area contributed by atoms with Gasteiger partial charge in [0.1, 0.15) is 0 Å². The number of nitrogens with zero attached hydrogens (tertiary/aromatic N) is 2. The zero-order valence-corrected chi connectivity index (χ0v) is 15.9. The smallest absolute Gasteiger partial charge is 0.226 e. The monoisotopic (exact) mass is 411 g/mol. The lowest BCUT2D eigenvalue weighted by Crippen LogP contribution is -2.12. The fraction of sp³-hybridized carbons (Fsp3) is 0.0952. The van der Waals surface area contributed by atoms with Gasteiger partial charge in [0.25, 0.3) is 0 Å². The summed E-state index contributed by atoms with van der Waals surface area (Å²) < 4.78 is 32.1. The van der Waals surface area contributed by atoms with Gasteiger partial charge in [-0.1, -0.05) is 30.3 Å². The van der Waals surface area contributed by atoms with Crippen molar-refractivity contribution in [3.8, 4) is 22.6 Å². The van der Waals surface area contributed by atoms with E-state index in [9.17, 15) is 13.6 Å². The number of nitrogens with one attached hydrogen (secondary N) is 1. The topological polar surface area (TPSA) is 68.0 Å². The quantitative estimate of drug-likeness (QED) is 0.467. The molecule has 1 amide bonds. The van der Waals surface area contributed by atoms with Crippen molar-refractivity contribution >= 4 is 22.4 Å². The summed E-state index contributed by atoms with van der Waals surface area (Å²) in [5, 5.41) is 4.75. The van der Waals surface area contributed by atoms with Crippen LogP contribution in [0.1, 0.15) is 12.3 Å². The number of hydrogen-bond donors (Lipinski definition) is 1. The molecule has 0 radical (unpaired) electrons. The lowest BCUT2D eigenvalue weighted by molar-refractivity contribution is -0.116. The molecule has 0 atom stereocenters. The van der Waals surface area contributed by atoms with E-state index in [1.165, 1.54) is 17.4 Å². The Kier molecular flexibility index (Phi) is 5.44. The van der Waals surface area contributed by atoms with Gasteiger partial charge in [-0.15, -0.1) is 11.3 Å². The molecule has 0 saturated heterocycles. The van der Waals surface area contributed by atoms with Crippen LogP contribution in [0.3, 0.4) is 0 Å². The van der Waals surface area contributed by atoms with Crippen LogP contribution >= 0.6 is 11.3 Å². The molecule has 146 valence electrons. The van der Waals surface area contributed by atoms with Gasteiger partial charge in [0, 0.05) is 29.3 Å². The highest BCUT2D eigenvalue weighted by Crippen LogP contribution is 2.26. The van der Waals surface area contributed by atoms with E-state index in [0.717, 1.165) is 17.7 Å². The van der Waals surface area contributed by atoms with Gasteiger partial charge in [-0.25, -0.2) is 18.7 Å². The van der Waals surface area contributed by atoms with Gasteiger partial charge < -0.3 is 9.73 Å².